The van der Waals surface area contributed by atoms with Crippen molar-refractivity contribution in [3.05, 3.63) is 47.4 Å². The number of rotatable bonds is 2. The average molecular weight is 331 g/mol. The zero-order valence-corrected chi connectivity index (χ0v) is 12.9. The van der Waals surface area contributed by atoms with E-state index in [1.54, 1.807) is 6.92 Å². The Morgan fingerprint density at radius 2 is 2.17 bits per heavy atom. The fraction of sp³-hybridized carbons (Fsp3) is 0.312. The van der Waals surface area contributed by atoms with Crippen molar-refractivity contribution < 1.29 is 13.9 Å². The molecule has 24 heavy (non-hydrogen) atoms. The molecule has 3 aromatic rings. The van der Waals surface area contributed by atoms with E-state index in [2.05, 4.69) is 20.4 Å². The van der Waals surface area contributed by atoms with Gasteiger partial charge in [-0.15, -0.1) is 0 Å². The van der Waals surface area contributed by atoms with E-state index in [1.165, 1.54) is 12.3 Å². The smallest absolute Gasteiger partial charge is 0.185 e. The minimum atomic E-state index is -1.13. The normalized spacial score (nSPS) is 20.9. The second-order valence-corrected chi connectivity index (χ2v) is 6.10. The highest BCUT2D eigenvalue weighted by molar-refractivity contribution is 5.92. The lowest BCUT2D eigenvalue weighted by Crippen LogP contribution is -2.31. The summed E-state index contributed by atoms with van der Waals surface area (Å²) in [5.74, 6) is -1.88. The quantitative estimate of drug-likeness (QED) is 0.751. The second-order valence-electron chi connectivity index (χ2n) is 6.10. The molecule has 1 fully saturated rings. The summed E-state index contributed by atoms with van der Waals surface area (Å²) in [5.41, 5.74) is 0.642. The minimum absolute atomic E-state index is 0.00174. The standard InChI is InChI=1S/C16H15F2N5O/c1-9-6-12(10-2-3-11(17)14(18)15(10)20-9)23-5-4-16(24,8-23)13-7-19-22-21-13/h2-3,6-7,24H,4-5,8H2,1H3,(H,19,21,22)/t16-/m1/s1. The number of aliphatic hydroxyl groups is 1. The SMILES string of the molecule is Cc1cc(N2CC[C@](O)(c3cn[nH]n3)C2)c2ccc(F)c(F)c2n1. The molecular formula is C16H15F2N5O. The van der Waals surface area contributed by atoms with Crippen molar-refractivity contribution in [1.82, 2.24) is 20.4 Å². The Morgan fingerprint density at radius 1 is 1.33 bits per heavy atom. The number of aryl methyl sites for hydroxylation is 1. The first kappa shape index (κ1) is 14.9. The Morgan fingerprint density at radius 3 is 2.92 bits per heavy atom. The number of H-pyrrole nitrogens is 1. The van der Waals surface area contributed by atoms with E-state index in [9.17, 15) is 13.9 Å². The van der Waals surface area contributed by atoms with Crippen LogP contribution in [0.5, 0.6) is 0 Å². The number of nitrogens with zero attached hydrogens (tertiary/aromatic N) is 4. The van der Waals surface area contributed by atoms with Crippen LogP contribution >= 0.6 is 0 Å². The Bertz CT molecular complexity index is 914. The molecule has 1 saturated heterocycles. The summed E-state index contributed by atoms with van der Waals surface area (Å²) in [5, 5.41) is 21.5. The highest BCUT2D eigenvalue weighted by atomic mass is 19.2. The molecule has 124 valence electrons. The molecule has 0 saturated carbocycles. The summed E-state index contributed by atoms with van der Waals surface area (Å²) >= 11 is 0. The van der Waals surface area contributed by atoms with Gasteiger partial charge in [0.15, 0.2) is 11.6 Å². The van der Waals surface area contributed by atoms with Gasteiger partial charge in [-0.3, -0.25) is 0 Å². The second kappa shape index (κ2) is 5.20. The Hall–Kier alpha value is -2.61. The molecule has 0 bridgehead atoms. The molecule has 0 aliphatic carbocycles. The number of hydrogen-bond acceptors (Lipinski definition) is 5. The van der Waals surface area contributed by atoms with Crippen LogP contribution in [-0.4, -0.2) is 38.6 Å². The fourth-order valence-corrected chi connectivity index (χ4v) is 3.24. The number of aromatic nitrogens is 4. The largest absolute Gasteiger partial charge is 0.381 e. The molecule has 1 aliphatic rings. The molecule has 0 unspecified atom stereocenters. The first-order valence-electron chi connectivity index (χ1n) is 7.57. The van der Waals surface area contributed by atoms with Crippen molar-refractivity contribution in [3.8, 4) is 0 Å². The number of benzene rings is 1. The molecule has 6 nitrogen and oxygen atoms in total. The van der Waals surface area contributed by atoms with Gasteiger partial charge in [-0.25, -0.2) is 13.8 Å². The summed E-state index contributed by atoms with van der Waals surface area (Å²) in [6, 6.07) is 4.43. The van der Waals surface area contributed by atoms with Crippen molar-refractivity contribution in [2.75, 3.05) is 18.0 Å². The van der Waals surface area contributed by atoms with E-state index < -0.39 is 17.2 Å². The van der Waals surface area contributed by atoms with E-state index in [1.807, 2.05) is 11.0 Å². The zero-order chi connectivity index (χ0) is 16.9. The third-order valence-electron chi connectivity index (χ3n) is 4.46. The van der Waals surface area contributed by atoms with Gasteiger partial charge in [0.25, 0.3) is 0 Å². The van der Waals surface area contributed by atoms with Crippen LogP contribution in [0.3, 0.4) is 0 Å². The van der Waals surface area contributed by atoms with Gasteiger partial charge in [0.05, 0.1) is 12.7 Å². The maximum absolute atomic E-state index is 14.1. The number of anilines is 1. The Labute approximate surface area is 136 Å². The van der Waals surface area contributed by atoms with Gasteiger partial charge < -0.3 is 10.0 Å². The van der Waals surface area contributed by atoms with E-state index >= 15 is 0 Å². The first-order valence-corrected chi connectivity index (χ1v) is 7.57. The van der Waals surface area contributed by atoms with Crippen LogP contribution in [0.2, 0.25) is 0 Å². The Balaban J connectivity index is 1.79. The number of β-amino-alcohol motifs (C(OH)–C–C–N with tert-alkyl or cyclic N) is 1. The van der Waals surface area contributed by atoms with Crippen molar-refractivity contribution >= 4 is 16.6 Å². The summed E-state index contributed by atoms with van der Waals surface area (Å²) in [7, 11) is 0. The fourth-order valence-electron chi connectivity index (χ4n) is 3.24. The first-order chi connectivity index (χ1) is 11.5. The van der Waals surface area contributed by atoms with Gasteiger partial charge in [-0.1, -0.05) is 0 Å². The number of fused-ring (bicyclic) bond motifs is 1. The van der Waals surface area contributed by atoms with Crippen molar-refractivity contribution in [1.29, 1.82) is 0 Å². The predicted molar refractivity (Wildman–Crippen MR) is 83.5 cm³/mol. The van der Waals surface area contributed by atoms with Crippen LogP contribution < -0.4 is 4.90 Å². The summed E-state index contributed by atoms with van der Waals surface area (Å²) < 4.78 is 27.6. The van der Waals surface area contributed by atoms with Crippen molar-refractivity contribution in [2.24, 2.45) is 0 Å². The van der Waals surface area contributed by atoms with Crippen molar-refractivity contribution in [3.63, 3.8) is 0 Å². The summed E-state index contributed by atoms with van der Waals surface area (Å²) in [6.45, 7) is 2.57. The van der Waals surface area contributed by atoms with Crippen LogP contribution in [0, 0.1) is 18.6 Å². The molecule has 2 N–H and O–H groups in total. The molecule has 0 spiro atoms. The molecule has 2 aromatic heterocycles. The van der Waals surface area contributed by atoms with Gasteiger partial charge in [0.1, 0.15) is 16.8 Å². The average Bonchev–Trinajstić information content (AvgIpc) is 3.21. The van der Waals surface area contributed by atoms with Gasteiger partial charge in [-0.2, -0.15) is 15.4 Å². The van der Waals surface area contributed by atoms with Crippen molar-refractivity contribution in [2.45, 2.75) is 18.9 Å². The van der Waals surface area contributed by atoms with Gasteiger partial charge >= 0.3 is 0 Å². The van der Waals surface area contributed by atoms with Crippen LogP contribution in [0.15, 0.2) is 24.4 Å². The molecular weight excluding hydrogens is 316 g/mol. The number of hydrogen-bond donors (Lipinski definition) is 2. The molecule has 3 heterocycles. The predicted octanol–water partition coefficient (Wildman–Crippen LogP) is 2.04. The summed E-state index contributed by atoms with van der Waals surface area (Å²) in [4.78, 5) is 6.06. The van der Waals surface area contributed by atoms with E-state index in [0.717, 1.165) is 11.8 Å². The summed E-state index contributed by atoms with van der Waals surface area (Å²) in [6.07, 6.45) is 1.96. The van der Waals surface area contributed by atoms with Crippen LogP contribution in [0.4, 0.5) is 14.5 Å². The van der Waals surface area contributed by atoms with Crippen LogP contribution in [0.25, 0.3) is 10.9 Å². The number of aromatic amines is 1. The topological polar surface area (TPSA) is 77.9 Å². The van der Waals surface area contributed by atoms with Gasteiger partial charge in [-0.05, 0) is 25.1 Å². The third-order valence-corrected chi connectivity index (χ3v) is 4.46. The highest BCUT2D eigenvalue weighted by Crippen LogP contribution is 2.37. The number of pyridine rings is 1. The monoisotopic (exact) mass is 331 g/mol. The van der Waals surface area contributed by atoms with Gasteiger partial charge in [0.2, 0.25) is 0 Å². The molecule has 8 heteroatoms. The molecule has 0 radical (unpaired) electrons. The lowest BCUT2D eigenvalue weighted by molar-refractivity contribution is 0.0560. The highest BCUT2D eigenvalue weighted by Gasteiger charge is 2.40. The number of halogens is 2. The van der Waals surface area contributed by atoms with Gasteiger partial charge in [0, 0.05) is 29.7 Å². The van der Waals surface area contributed by atoms with E-state index in [-0.39, 0.29) is 12.1 Å². The molecule has 4 rings (SSSR count). The zero-order valence-electron chi connectivity index (χ0n) is 12.9. The van der Waals surface area contributed by atoms with Crippen LogP contribution in [-0.2, 0) is 5.60 Å². The van der Waals surface area contributed by atoms with E-state index in [4.69, 9.17) is 0 Å². The minimum Gasteiger partial charge on any atom is -0.381 e. The molecule has 0 amide bonds. The molecule has 1 aliphatic heterocycles. The third kappa shape index (κ3) is 2.22. The molecule has 1 aromatic carbocycles. The number of nitrogens with one attached hydrogen (secondary N) is 1. The maximum Gasteiger partial charge on any atom is 0.185 e. The lowest BCUT2D eigenvalue weighted by Gasteiger charge is -2.24. The maximum atomic E-state index is 14.1. The van der Waals surface area contributed by atoms with Crippen LogP contribution in [0.1, 0.15) is 17.8 Å². The molecule has 1 atom stereocenters. The van der Waals surface area contributed by atoms with E-state index in [0.29, 0.717) is 29.7 Å². The lowest BCUT2D eigenvalue weighted by atomic mass is 10.00. The Kier molecular flexibility index (Phi) is 3.24.